The van der Waals surface area contributed by atoms with Crippen LogP contribution in [0, 0.1) is 5.92 Å². The summed E-state index contributed by atoms with van der Waals surface area (Å²) in [5.41, 5.74) is 2.33. The second-order valence-corrected chi connectivity index (χ2v) is 5.83. The molecule has 3 heteroatoms. The van der Waals surface area contributed by atoms with E-state index in [0.29, 0.717) is 25.4 Å². The fourth-order valence-corrected chi connectivity index (χ4v) is 2.62. The first kappa shape index (κ1) is 14.8. The molecule has 22 heavy (non-hydrogen) atoms. The van der Waals surface area contributed by atoms with Crippen molar-refractivity contribution in [2.45, 2.75) is 19.5 Å². The molecular formula is C19H21NO2. The standard InChI is InChI=1S/C19H21NO2/c21-19(11-18-14-22-15-18)20(12-16-7-3-1-4-8-16)13-17-9-5-2-6-10-17/h1-10,18H,11-15H2. The Bertz CT molecular complexity index is 552. The highest BCUT2D eigenvalue weighted by molar-refractivity contribution is 5.76. The van der Waals surface area contributed by atoms with Gasteiger partial charge in [-0.25, -0.2) is 0 Å². The molecule has 114 valence electrons. The van der Waals surface area contributed by atoms with Crippen molar-refractivity contribution in [1.82, 2.24) is 4.90 Å². The molecule has 0 unspecified atom stereocenters. The number of amides is 1. The minimum Gasteiger partial charge on any atom is -0.381 e. The van der Waals surface area contributed by atoms with Crippen molar-refractivity contribution in [2.24, 2.45) is 5.92 Å². The van der Waals surface area contributed by atoms with E-state index in [9.17, 15) is 4.79 Å². The first-order valence-electron chi connectivity index (χ1n) is 7.74. The summed E-state index contributed by atoms with van der Waals surface area (Å²) in [5.74, 6) is 0.600. The second-order valence-electron chi connectivity index (χ2n) is 5.83. The van der Waals surface area contributed by atoms with Crippen molar-refractivity contribution in [1.29, 1.82) is 0 Å². The Labute approximate surface area is 131 Å². The van der Waals surface area contributed by atoms with Crippen LogP contribution in [0.2, 0.25) is 0 Å². The smallest absolute Gasteiger partial charge is 0.223 e. The van der Waals surface area contributed by atoms with Gasteiger partial charge >= 0.3 is 0 Å². The Kier molecular flexibility index (Phi) is 4.86. The van der Waals surface area contributed by atoms with Crippen molar-refractivity contribution < 1.29 is 9.53 Å². The molecule has 0 bridgehead atoms. The number of rotatable bonds is 6. The van der Waals surface area contributed by atoms with Crippen LogP contribution in [-0.2, 0) is 22.6 Å². The third kappa shape index (κ3) is 3.95. The lowest BCUT2D eigenvalue weighted by atomic mass is 10.0. The summed E-state index contributed by atoms with van der Waals surface area (Å²) in [6, 6.07) is 20.3. The molecule has 0 aromatic heterocycles. The Morgan fingerprint density at radius 3 is 1.82 bits per heavy atom. The van der Waals surface area contributed by atoms with Crippen molar-refractivity contribution in [2.75, 3.05) is 13.2 Å². The van der Waals surface area contributed by atoms with Gasteiger partial charge in [0.1, 0.15) is 0 Å². The summed E-state index contributed by atoms with van der Waals surface area (Å²) in [6.45, 7) is 2.75. The van der Waals surface area contributed by atoms with Gasteiger partial charge in [0, 0.05) is 25.4 Å². The molecule has 0 spiro atoms. The van der Waals surface area contributed by atoms with Crippen LogP contribution in [-0.4, -0.2) is 24.0 Å². The lowest BCUT2D eigenvalue weighted by Gasteiger charge is -2.29. The third-order valence-corrected chi connectivity index (χ3v) is 3.96. The highest BCUT2D eigenvalue weighted by Gasteiger charge is 2.24. The first-order chi connectivity index (χ1) is 10.8. The molecule has 1 fully saturated rings. The highest BCUT2D eigenvalue weighted by atomic mass is 16.5. The van der Waals surface area contributed by atoms with Gasteiger partial charge in [0.15, 0.2) is 0 Å². The molecule has 1 heterocycles. The molecule has 0 N–H and O–H groups in total. The van der Waals surface area contributed by atoms with E-state index in [0.717, 1.165) is 24.3 Å². The molecule has 1 aliphatic rings. The highest BCUT2D eigenvalue weighted by Crippen LogP contribution is 2.18. The normalized spacial score (nSPS) is 14.4. The Morgan fingerprint density at radius 1 is 0.909 bits per heavy atom. The SMILES string of the molecule is O=C(CC1COC1)N(Cc1ccccc1)Cc1ccccc1. The minimum absolute atomic E-state index is 0.209. The monoisotopic (exact) mass is 295 g/mol. The quantitative estimate of drug-likeness (QED) is 0.818. The second kappa shape index (κ2) is 7.23. The summed E-state index contributed by atoms with van der Waals surface area (Å²) < 4.78 is 5.18. The molecule has 2 aromatic rings. The fraction of sp³-hybridized carbons (Fsp3) is 0.316. The van der Waals surface area contributed by atoms with Crippen LogP contribution in [0.4, 0.5) is 0 Å². The number of nitrogens with zero attached hydrogens (tertiary/aromatic N) is 1. The van der Waals surface area contributed by atoms with Crippen LogP contribution < -0.4 is 0 Å². The number of benzene rings is 2. The summed E-state index contributed by atoms with van der Waals surface area (Å²) in [6.07, 6.45) is 0.583. The van der Waals surface area contributed by atoms with Gasteiger partial charge in [-0.1, -0.05) is 60.7 Å². The molecular weight excluding hydrogens is 274 g/mol. The molecule has 3 nitrogen and oxygen atoms in total. The number of carbonyl (C=O) groups excluding carboxylic acids is 1. The molecule has 1 amide bonds. The van der Waals surface area contributed by atoms with E-state index in [1.165, 1.54) is 0 Å². The van der Waals surface area contributed by atoms with Crippen molar-refractivity contribution in [3.63, 3.8) is 0 Å². The van der Waals surface area contributed by atoms with Crippen molar-refractivity contribution in [3.05, 3.63) is 71.8 Å². The molecule has 0 atom stereocenters. The Morgan fingerprint density at radius 2 is 1.41 bits per heavy atom. The van der Waals surface area contributed by atoms with Gasteiger partial charge in [0.05, 0.1) is 13.2 Å². The number of ether oxygens (including phenoxy) is 1. The van der Waals surface area contributed by atoms with Crippen molar-refractivity contribution >= 4 is 5.91 Å². The number of carbonyl (C=O) groups is 1. The largest absolute Gasteiger partial charge is 0.381 e. The van der Waals surface area contributed by atoms with E-state index in [1.54, 1.807) is 0 Å². The fourth-order valence-electron chi connectivity index (χ4n) is 2.62. The number of hydrogen-bond donors (Lipinski definition) is 0. The maximum absolute atomic E-state index is 12.6. The summed E-state index contributed by atoms with van der Waals surface area (Å²) in [7, 11) is 0. The van der Waals surface area contributed by atoms with Crippen LogP contribution >= 0.6 is 0 Å². The molecule has 2 aromatic carbocycles. The zero-order valence-electron chi connectivity index (χ0n) is 12.7. The van der Waals surface area contributed by atoms with Gasteiger partial charge in [-0.05, 0) is 11.1 Å². The van der Waals surface area contributed by atoms with E-state index >= 15 is 0 Å². The van der Waals surface area contributed by atoms with Crippen LogP contribution in [0.15, 0.2) is 60.7 Å². The summed E-state index contributed by atoms with van der Waals surface area (Å²) in [4.78, 5) is 14.6. The first-order valence-corrected chi connectivity index (χ1v) is 7.74. The maximum Gasteiger partial charge on any atom is 0.223 e. The predicted molar refractivity (Wildman–Crippen MR) is 86.1 cm³/mol. The van der Waals surface area contributed by atoms with E-state index in [4.69, 9.17) is 4.74 Å². The van der Waals surface area contributed by atoms with Crippen LogP contribution in [0.5, 0.6) is 0 Å². The van der Waals surface area contributed by atoms with E-state index in [1.807, 2.05) is 41.3 Å². The van der Waals surface area contributed by atoms with Crippen LogP contribution in [0.3, 0.4) is 0 Å². The zero-order valence-corrected chi connectivity index (χ0v) is 12.7. The lowest BCUT2D eigenvalue weighted by Crippen LogP contribution is -2.36. The molecule has 1 saturated heterocycles. The van der Waals surface area contributed by atoms with E-state index in [2.05, 4.69) is 24.3 Å². The molecule has 0 radical (unpaired) electrons. The van der Waals surface area contributed by atoms with Gasteiger partial charge in [-0.2, -0.15) is 0 Å². The Balaban J connectivity index is 1.70. The molecule has 1 aliphatic heterocycles. The van der Waals surface area contributed by atoms with Crippen LogP contribution in [0.1, 0.15) is 17.5 Å². The van der Waals surface area contributed by atoms with Gasteiger partial charge < -0.3 is 9.64 Å². The van der Waals surface area contributed by atoms with Gasteiger partial charge in [-0.15, -0.1) is 0 Å². The average molecular weight is 295 g/mol. The average Bonchev–Trinajstić information content (AvgIpc) is 2.52. The predicted octanol–water partition coefficient (Wildman–Crippen LogP) is 3.25. The van der Waals surface area contributed by atoms with Gasteiger partial charge in [0.25, 0.3) is 0 Å². The summed E-state index contributed by atoms with van der Waals surface area (Å²) >= 11 is 0. The molecule has 0 aliphatic carbocycles. The van der Waals surface area contributed by atoms with E-state index in [-0.39, 0.29) is 5.91 Å². The minimum atomic E-state index is 0.209. The van der Waals surface area contributed by atoms with E-state index < -0.39 is 0 Å². The third-order valence-electron chi connectivity index (χ3n) is 3.96. The van der Waals surface area contributed by atoms with Gasteiger partial charge in [-0.3, -0.25) is 4.79 Å². The molecule has 0 saturated carbocycles. The Hall–Kier alpha value is -2.13. The van der Waals surface area contributed by atoms with Crippen LogP contribution in [0.25, 0.3) is 0 Å². The number of hydrogen-bond acceptors (Lipinski definition) is 2. The summed E-state index contributed by atoms with van der Waals surface area (Å²) in [5, 5.41) is 0. The molecule has 3 rings (SSSR count). The topological polar surface area (TPSA) is 29.5 Å². The maximum atomic E-state index is 12.6. The lowest BCUT2D eigenvalue weighted by molar-refractivity contribution is -0.137. The van der Waals surface area contributed by atoms with Gasteiger partial charge in [0.2, 0.25) is 5.91 Å². The van der Waals surface area contributed by atoms with Crippen molar-refractivity contribution in [3.8, 4) is 0 Å². The zero-order chi connectivity index (χ0) is 15.2.